The normalized spacial score (nSPS) is 13.5. The Morgan fingerprint density at radius 2 is 1.64 bits per heavy atom. The summed E-state index contributed by atoms with van der Waals surface area (Å²) in [7, 11) is -2.58. The molecule has 1 aromatic heterocycles. The molecule has 17 heteroatoms. The average molecular weight is 800 g/mol. The predicted molar refractivity (Wildman–Crippen MR) is 211 cm³/mol. The van der Waals surface area contributed by atoms with E-state index in [0.717, 1.165) is 16.9 Å². The number of hydrogen-bond acceptors (Lipinski definition) is 11. The van der Waals surface area contributed by atoms with Crippen molar-refractivity contribution >= 4 is 51.0 Å². The topological polar surface area (TPSA) is 220 Å². The quantitative estimate of drug-likeness (QED) is 0.0501. The second-order valence-corrected chi connectivity index (χ2v) is 16.4. The Hall–Kier alpha value is -5.03. The van der Waals surface area contributed by atoms with E-state index in [-0.39, 0.29) is 54.2 Å². The highest BCUT2D eigenvalue weighted by Gasteiger charge is 2.33. The molecule has 300 valence electrons. The van der Waals surface area contributed by atoms with Gasteiger partial charge in [-0.15, -0.1) is 11.3 Å². The highest BCUT2D eigenvalue weighted by molar-refractivity contribution is 7.90. The second-order valence-electron chi connectivity index (χ2n) is 13.9. The van der Waals surface area contributed by atoms with Crippen LogP contribution in [0.15, 0.2) is 57.9 Å². The number of nitrogens with zero attached hydrogens (tertiary/aromatic N) is 2. The average Bonchev–Trinajstić information content (AvgIpc) is 3.67. The summed E-state index contributed by atoms with van der Waals surface area (Å²) in [6, 6.07) is 7.64. The Labute approximate surface area is 327 Å². The highest BCUT2D eigenvalue weighted by atomic mass is 32.2. The highest BCUT2D eigenvalue weighted by Crippen LogP contribution is 2.30. The van der Waals surface area contributed by atoms with Gasteiger partial charge in [0.2, 0.25) is 23.6 Å². The van der Waals surface area contributed by atoms with Gasteiger partial charge in [-0.25, -0.2) is 22.9 Å². The first-order chi connectivity index (χ1) is 25.9. The van der Waals surface area contributed by atoms with E-state index in [9.17, 15) is 27.6 Å². The minimum atomic E-state index is -4.09. The van der Waals surface area contributed by atoms with E-state index in [1.165, 1.54) is 13.3 Å². The van der Waals surface area contributed by atoms with Crippen molar-refractivity contribution < 1.29 is 37.1 Å². The number of nitrogens with two attached hydrogens (primary N) is 1. The molecule has 0 unspecified atom stereocenters. The van der Waals surface area contributed by atoms with Gasteiger partial charge in [0, 0.05) is 18.1 Å². The number of ether oxygens (including phenoxy) is 2. The summed E-state index contributed by atoms with van der Waals surface area (Å²) < 4.78 is 39.5. The fourth-order valence-electron chi connectivity index (χ4n) is 5.79. The van der Waals surface area contributed by atoms with Crippen molar-refractivity contribution in [3.8, 4) is 5.75 Å². The van der Waals surface area contributed by atoms with E-state index in [0.29, 0.717) is 22.4 Å². The van der Waals surface area contributed by atoms with Crippen LogP contribution in [0.4, 0.5) is 4.79 Å². The van der Waals surface area contributed by atoms with E-state index in [1.807, 2.05) is 44.2 Å². The molecule has 3 rings (SSSR count). The summed E-state index contributed by atoms with van der Waals surface area (Å²) in [4.78, 5) is 61.8. The summed E-state index contributed by atoms with van der Waals surface area (Å²) in [6.07, 6.45) is 1.32. The molecule has 0 aliphatic carbocycles. The van der Waals surface area contributed by atoms with Crippen molar-refractivity contribution in [3.05, 3.63) is 75.2 Å². The number of sulfonamides is 1. The zero-order valence-electron chi connectivity index (χ0n) is 32.6. The molecular weight excluding hydrogens is 747 g/mol. The van der Waals surface area contributed by atoms with Gasteiger partial charge < -0.3 is 31.2 Å². The molecule has 0 bridgehead atoms. The van der Waals surface area contributed by atoms with Gasteiger partial charge in [-0.3, -0.25) is 19.4 Å². The number of ketones is 1. The number of guanidine groups is 1. The largest absolute Gasteiger partial charge is 0.496 e. The molecule has 3 amide bonds. The lowest BCUT2D eigenvalue weighted by Crippen LogP contribution is -2.57. The molecular formula is C38H53N7O8S2. The molecule has 0 saturated carbocycles. The number of carbonyl (C=O) groups is 4. The Morgan fingerprint density at radius 1 is 0.945 bits per heavy atom. The molecule has 0 radical (unpaired) electrons. The number of aromatic nitrogens is 1. The lowest BCUT2D eigenvalue weighted by atomic mass is 9.99. The molecule has 3 atom stereocenters. The number of alkyl carbamates (subject to hydrolysis) is 1. The number of hydrogen-bond donors (Lipinski definition) is 5. The third-order valence-corrected chi connectivity index (χ3v) is 11.1. The number of nitrogens with one attached hydrogen (secondary N) is 4. The predicted octanol–water partition coefficient (Wildman–Crippen LogP) is 4.30. The molecule has 0 saturated heterocycles. The molecule has 0 spiro atoms. The van der Waals surface area contributed by atoms with Crippen LogP contribution in [0.2, 0.25) is 0 Å². The van der Waals surface area contributed by atoms with Crippen molar-refractivity contribution in [2.75, 3.05) is 13.7 Å². The third-order valence-electron chi connectivity index (χ3n) is 8.69. The van der Waals surface area contributed by atoms with E-state index < -0.39 is 57.8 Å². The smallest absolute Gasteiger partial charge is 0.408 e. The number of carbonyl (C=O) groups excluding carboxylic acids is 4. The van der Waals surface area contributed by atoms with Gasteiger partial charge in [-0.2, -0.15) is 0 Å². The number of methoxy groups -OCH3 is 1. The summed E-state index contributed by atoms with van der Waals surface area (Å²) >= 11 is 1.12. The van der Waals surface area contributed by atoms with Gasteiger partial charge >= 0.3 is 6.09 Å². The number of rotatable bonds is 19. The maximum Gasteiger partial charge on any atom is 0.408 e. The first-order valence-electron chi connectivity index (χ1n) is 17.9. The lowest BCUT2D eigenvalue weighted by molar-refractivity contribution is -0.131. The summed E-state index contributed by atoms with van der Waals surface area (Å²) in [5, 5.41) is 9.98. The molecule has 55 heavy (non-hydrogen) atoms. The number of aliphatic imine (C=N–C) groups is 1. The zero-order chi connectivity index (χ0) is 40.9. The van der Waals surface area contributed by atoms with Gasteiger partial charge in [0.15, 0.2) is 5.01 Å². The maximum atomic E-state index is 13.7. The van der Waals surface area contributed by atoms with E-state index >= 15 is 0 Å². The van der Waals surface area contributed by atoms with Crippen LogP contribution in [0.5, 0.6) is 5.75 Å². The van der Waals surface area contributed by atoms with E-state index in [4.69, 9.17) is 15.2 Å². The standard InChI is InChI=1S/C38H53N7O8S2/c1-22(2)19-29(43-38(49)53-21-27-13-10-9-11-14-27)34(47)44-31(23(3)4)35(48)42-28(32(46)36-40-17-18-54-36)15-12-16-41-37(39)45-55(50,51)33-24(5)20-30(52-8)25(6)26(33)7/h9-11,13-14,17-18,20,22-23,28-29,31H,12,15-16,19,21H2,1-8H3,(H,42,48)(H,43,49)(H,44,47)(H3,39,41,45)/t28-,29-,31-/m0/s1. The molecule has 3 aromatic rings. The van der Waals surface area contributed by atoms with Gasteiger partial charge in [-0.05, 0) is 80.2 Å². The van der Waals surface area contributed by atoms with Crippen LogP contribution < -0.4 is 31.1 Å². The van der Waals surface area contributed by atoms with Gasteiger partial charge in [0.25, 0.3) is 10.0 Å². The zero-order valence-corrected chi connectivity index (χ0v) is 34.2. The van der Waals surface area contributed by atoms with E-state index in [1.54, 1.807) is 46.1 Å². The summed E-state index contributed by atoms with van der Waals surface area (Å²) in [5.41, 5.74) is 8.44. The van der Waals surface area contributed by atoms with Crippen LogP contribution >= 0.6 is 11.3 Å². The van der Waals surface area contributed by atoms with Gasteiger partial charge in [0.1, 0.15) is 24.4 Å². The number of amides is 3. The number of aryl methyl sites for hydroxylation is 1. The molecule has 1 heterocycles. The third kappa shape index (κ3) is 13.1. The Kier molecular flexibility index (Phi) is 16.6. The van der Waals surface area contributed by atoms with E-state index in [2.05, 4.69) is 30.6 Å². The monoisotopic (exact) mass is 799 g/mol. The van der Waals surface area contributed by atoms with Crippen molar-refractivity contribution in [3.63, 3.8) is 0 Å². The van der Waals surface area contributed by atoms with Gasteiger partial charge in [-0.1, -0.05) is 58.0 Å². The number of thiazole rings is 1. The van der Waals surface area contributed by atoms with Crippen LogP contribution in [-0.2, 0) is 31.0 Å². The van der Waals surface area contributed by atoms with Crippen LogP contribution in [0.1, 0.15) is 79.0 Å². The van der Waals surface area contributed by atoms with Crippen LogP contribution in [-0.4, -0.2) is 74.8 Å². The summed E-state index contributed by atoms with van der Waals surface area (Å²) in [6.45, 7) is 12.4. The van der Waals surface area contributed by atoms with Crippen molar-refractivity contribution in [2.24, 2.45) is 22.6 Å². The van der Waals surface area contributed by atoms with Crippen LogP contribution in [0.25, 0.3) is 0 Å². The minimum absolute atomic E-state index is 0.0173. The molecule has 15 nitrogen and oxygen atoms in total. The number of benzene rings is 2. The summed E-state index contributed by atoms with van der Waals surface area (Å²) in [5.74, 6) is -1.77. The number of Topliss-reactive ketones (excluding diaryl/α,β-unsaturated/α-hetero) is 1. The van der Waals surface area contributed by atoms with Crippen molar-refractivity contribution in [1.29, 1.82) is 0 Å². The second kappa shape index (κ2) is 20.6. The molecule has 0 aliphatic rings. The maximum absolute atomic E-state index is 13.7. The molecule has 0 fully saturated rings. The lowest BCUT2D eigenvalue weighted by Gasteiger charge is -2.27. The SMILES string of the molecule is COc1cc(C)c(S(=O)(=O)NC(N)=NCCC[C@H](NC(=O)[C@@H](NC(=O)[C@H](CC(C)C)NC(=O)OCc2ccccc2)C(C)C)C(=O)c2nccs2)c(C)c1C. The first kappa shape index (κ1) is 44.4. The molecule has 6 N–H and O–H groups in total. The fourth-order valence-corrected chi connectivity index (χ4v) is 7.90. The van der Waals surface area contributed by atoms with Crippen molar-refractivity contribution in [2.45, 2.75) is 97.4 Å². The Morgan fingerprint density at radius 3 is 2.24 bits per heavy atom. The van der Waals surface area contributed by atoms with Crippen LogP contribution in [0.3, 0.4) is 0 Å². The van der Waals surface area contributed by atoms with Crippen molar-refractivity contribution in [1.82, 2.24) is 25.7 Å². The molecule has 0 aliphatic heterocycles. The first-order valence-corrected chi connectivity index (χ1v) is 20.3. The van der Waals surface area contributed by atoms with Crippen LogP contribution in [0, 0.1) is 32.6 Å². The Bertz CT molecular complexity index is 1920. The minimum Gasteiger partial charge on any atom is -0.496 e. The fraction of sp³-hybridized carbons (Fsp3) is 0.474. The Balaban J connectivity index is 1.69. The van der Waals surface area contributed by atoms with Gasteiger partial charge in [0.05, 0.1) is 18.0 Å². The molecule has 2 aromatic carbocycles.